The third-order valence-electron chi connectivity index (χ3n) is 3.13. The van der Waals surface area contributed by atoms with Gasteiger partial charge in [0, 0.05) is 25.0 Å². The Morgan fingerprint density at radius 1 is 1.32 bits per heavy atom. The van der Waals surface area contributed by atoms with Gasteiger partial charge in [0.1, 0.15) is 11.9 Å². The number of aliphatic imine (C=N–C) groups is 1. The Morgan fingerprint density at radius 3 is 2.64 bits per heavy atom. The second-order valence-electron chi connectivity index (χ2n) is 5.25. The summed E-state index contributed by atoms with van der Waals surface area (Å²) in [6.07, 6.45) is 0.613. The van der Waals surface area contributed by atoms with Gasteiger partial charge in [-0.25, -0.2) is 0 Å². The van der Waals surface area contributed by atoms with Gasteiger partial charge in [-0.2, -0.15) is 4.98 Å². The molecule has 1 atom stereocenters. The topological polar surface area (TPSA) is 84.6 Å². The van der Waals surface area contributed by atoms with Crippen molar-refractivity contribution in [2.45, 2.75) is 26.4 Å². The molecule has 138 valence electrons. The highest BCUT2D eigenvalue weighted by molar-refractivity contribution is 14.0. The van der Waals surface area contributed by atoms with Gasteiger partial charge < -0.3 is 19.9 Å². The number of nitrogens with zero attached hydrogens (tertiary/aromatic N) is 3. The first-order valence-corrected chi connectivity index (χ1v) is 8.10. The minimum absolute atomic E-state index is 0. The summed E-state index contributed by atoms with van der Waals surface area (Å²) in [5.41, 5.74) is 0. The maximum Gasteiger partial charge on any atom is 0.228 e. The van der Waals surface area contributed by atoms with Crippen molar-refractivity contribution < 1.29 is 9.26 Å². The van der Waals surface area contributed by atoms with Gasteiger partial charge in [-0.1, -0.05) is 16.8 Å². The molecule has 1 heterocycles. The summed E-state index contributed by atoms with van der Waals surface area (Å²) in [5.74, 6) is 2.72. The normalized spacial score (nSPS) is 12.2. The second kappa shape index (κ2) is 11.1. The molecule has 0 aliphatic rings. The highest BCUT2D eigenvalue weighted by atomic mass is 127. The van der Waals surface area contributed by atoms with Gasteiger partial charge in [0.2, 0.25) is 5.89 Å². The van der Waals surface area contributed by atoms with E-state index in [0.29, 0.717) is 42.2 Å². The zero-order chi connectivity index (χ0) is 17.4. The molecule has 7 nitrogen and oxygen atoms in total. The van der Waals surface area contributed by atoms with Crippen molar-refractivity contribution in [2.75, 3.05) is 20.1 Å². The van der Waals surface area contributed by atoms with Crippen LogP contribution in [0.15, 0.2) is 33.8 Å². The average molecular weight is 480 g/mol. The van der Waals surface area contributed by atoms with E-state index in [2.05, 4.69) is 25.8 Å². The zero-order valence-corrected chi connectivity index (χ0v) is 17.5. The van der Waals surface area contributed by atoms with Crippen LogP contribution in [0.5, 0.6) is 5.75 Å². The lowest BCUT2D eigenvalue weighted by Crippen LogP contribution is -2.42. The van der Waals surface area contributed by atoms with Crippen LogP contribution in [0.4, 0.5) is 0 Å². The standard InChI is InChI=1S/C16H22ClN5O2.HI/c1-11(23-14-6-4-13(17)5-7-14)10-20-16(18-3)19-9-8-15-21-12(2)22-24-15;/h4-7,11H,8-10H2,1-3H3,(H2,18,19,20);1H. The number of guanidine groups is 1. The van der Waals surface area contributed by atoms with Gasteiger partial charge in [0.15, 0.2) is 11.8 Å². The summed E-state index contributed by atoms with van der Waals surface area (Å²) in [7, 11) is 1.72. The van der Waals surface area contributed by atoms with Gasteiger partial charge in [-0.05, 0) is 38.1 Å². The van der Waals surface area contributed by atoms with E-state index in [1.165, 1.54) is 0 Å². The average Bonchev–Trinajstić information content (AvgIpc) is 2.98. The highest BCUT2D eigenvalue weighted by Crippen LogP contribution is 2.16. The molecule has 0 fully saturated rings. The molecule has 2 aromatic rings. The Balaban J connectivity index is 0.00000312. The Bertz CT molecular complexity index is 663. The molecule has 0 bridgehead atoms. The molecule has 0 aliphatic carbocycles. The van der Waals surface area contributed by atoms with Crippen LogP contribution < -0.4 is 15.4 Å². The number of aryl methyl sites for hydroxylation is 1. The van der Waals surface area contributed by atoms with E-state index in [4.69, 9.17) is 20.9 Å². The van der Waals surface area contributed by atoms with E-state index in [-0.39, 0.29) is 30.1 Å². The molecule has 0 saturated heterocycles. The quantitative estimate of drug-likeness (QED) is 0.361. The first kappa shape index (κ1) is 21.5. The number of halogens is 2. The van der Waals surface area contributed by atoms with Gasteiger partial charge in [-0.3, -0.25) is 4.99 Å². The van der Waals surface area contributed by atoms with Crippen molar-refractivity contribution in [1.29, 1.82) is 0 Å². The SMILES string of the molecule is CN=C(NCCc1nc(C)no1)NCC(C)Oc1ccc(Cl)cc1.I. The number of nitrogens with one attached hydrogen (secondary N) is 2. The van der Waals surface area contributed by atoms with Crippen LogP contribution in [0.25, 0.3) is 0 Å². The summed E-state index contributed by atoms with van der Waals surface area (Å²) >= 11 is 5.86. The van der Waals surface area contributed by atoms with Crippen molar-refractivity contribution in [3.8, 4) is 5.75 Å². The van der Waals surface area contributed by atoms with Gasteiger partial charge in [-0.15, -0.1) is 24.0 Å². The van der Waals surface area contributed by atoms with E-state index in [9.17, 15) is 0 Å². The summed E-state index contributed by atoms with van der Waals surface area (Å²) in [4.78, 5) is 8.32. The first-order valence-electron chi connectivity index (χ1n) is 7.72. The molecule has 9 heteroatoms. The molecular weight excluding hydrogens is 457 g/mol. The van der Waals surface area contributed by atoms with Crippen molar-refractivity contribution in [2.24, 2.45) is 4.99 Å². The Kier molecular flexibility index (Phi) is 9.58. The molecule has 0 aliphatic heterocycles. The molecule has 0 spiro atoms. The first-order chi connectivity index (χ1) is 11.6. The molecule has 1 unspecified atom stereocenters. The number of hydrogen-bond acceptors (Lipinski definition) is 5. The number of aromatic nitrogens is 2. The molecular formula is C16H23ClIN5O2. The molecule has 1 aromatic carbocycles. The van der Waals surface area contributed by atoms with Gasteiger partial charge in [0.25, 0.3) is 0 Å². The molecule has 1 aromatic heterocycles. The van der Waals surface area contributed by atoms with Crippen molar-refractivity contribution in [1.82, 2.24) is 20.8 Å². The summed E-state index contributed by atoms with van der Waals surface area (Å²) in [6.45, 7) is 5.04. The van der Waals surface area contributed by atoms with E-state index in [1.54, 1.807) is 26.1 Å². The predicted molar refractivity (Wildman–Crippen MR) is 109 cm³/mol. The summed E-state index contributed by atoms with van der Waals surface area (Å²) < 4.78 is 10.9. The molecule has 25 heavy (non-hydrogen) atoms. The van der Waals surface area contributed by atoms with Gasteiger partial charge in [0.05, 0.1) is 6.54 Å². The molecule has 0 amide bonds. The van der Waals surface area contributed by atoms with Crippen LogP contribution in [0.1, 0.15) is 18.6 Å². The maximum absolute atomic E-state index is 5.86. The molecule has 0 radical (unpaired) electrons. The molecule has 2 N–H and O–H groups in total. The largest absolute Gasteiger partial charge is 0.489 e. The van der Waals surface area contributed by atoms with Crippen LogP contribution in [0.2, 0.25) is 5.02 Å². The van der Waals surface area contributed by atoms with Crippen LogP contribution in [-0.2, 0) is 6.42 Å². The third kappa shape index (κ3) is 7.91. The lowest BCUT2D eigenvalue weighted by atomic mass is 10.3. The number of rotatable bonds is 7. The van der Waals surface area contributed by atoms with E-state index in [0.717, 1.165) is 5.75 Å². The second-order valence-corrected chi connectivity index (χ2v) is 5.68. The van der Waals surface area contributed by atoms with E-state index in [1.807, 2.05) is 19.1 Å². The lowest BCUT2D eigenvalue weighted by molar-refractivity contribution is 0.224. The third-order valence-corrected chi connectivity index (χ3v) is 3.38. The Hall–Kier alpha value is -1.55. The van der Waals surface area contributed by atoms with Gasteiger partial charge >= 0.3 is 0 Å². The van der Waals surface area contributed by atoms with Crippen LogP contribution in [0, 0.1) is 6.92 Å². The fourth-order valence-corrected chi connectivity index (χ4v) is 2.10. The highest BCUT2D eigenvalue weighted by Gasteiger charge is 2.07. The molecule has 0 saturated carbocycles. The van der Waals surface area contributed by atoms with Crippen LogP contribution in [-0.4, -0.2) is 42.3 Å². The van der Waals surface area contributed by atoms with Crippen molar-refractivity contribution in [3.63, 3.8) is 0 Å². The predicted octanol–water partition coefficient (Wildman–Crippen LogP) is 2.82. The monoisotopic (exact) mass is 479 g/mol. The Labute approximate surface area is 169 Å². The van der Waals surface area contributed by atoms with Crippen molar-refractivity contribution in [3.05, 3.63) is 41.0 Å². The zero-order valence-electron chi connectivity index (χ0n) is 14.5. The van der Waals surface area contributed by atoms with E-state index < -0.39 is 0 Å². The fraction of sp³-hybridized carbons (Fsp3) is 0.438. The molecule has 2 rings (SSSR count). The minimum atomic E-state index is -0.0247. The summed E-state index contributed by atoms with van der Waals surface area (Å²) in [5, 5.41) is 10.8. The van der Waals surface area contributed by atoms with E-state index >= 15 is 0 Å². The minimum Gasteiger partial charge on any atom is -0.489 e. The number of hydrogen-bond donors (Lipinski definition) is 2. The van der Waals surface area contributed by atoms with Crippen LogP contribution in [0.3, 0.4) is 0 Å². The Morgan fingerprint density at radius 2 is 2.04 bits per heavy atom. The fourth-order valence-electron chi connectivity index (χ4n) is 1.98. The smallest absolute Gasteiger partial charge is 0.228 e. The van der Waals surface area contributed by atoms with Crippen molar-refractivity contribution >= 4 is 41.5 Å². The lowest BCUT2D eigenvalue weighted by Gasteiger charge is -2.17. The van der Waals surface area contributed by atoms with Crippen LogP contribution >= 0.6 is 35.6 Å². The maximum atomic E-state index is 5.86. The number of ether oxygens (including phenoxy) is 1. The number of benzene rings is 1. The summed E-state index contributed by atoms with van der Waals surface area (Å²) in [6, 6.07) is 7.30.